The first kappa shape index (κ1) is 16.7. The zero-order chi connectivity index (χ0) is 15.4. The average Bonchev–Trinajstić information content (AvgIpc) is 2.43. The number of hydrogen-bond acceptors (Lipinski definition) is 3. The molecule has 2 aromatic rings. The Hall–Kier alpha value is -0.690. The molecular formula is C16H19BrIN3. The summed E-state index contributed by atoms with van der Waals surface area (Å²) in [4.78, 5) is 9.47. The number of benzene rings is 1. The van der Waals surface area contributed by atoms with E-state index in [-0.39, 0.29) is 0 Å². The summed E-state index contributed by atoms with van der Waals surface area (Å²) in [5.41, 5.74) is 2.16. The molecule has 0 amide bonds. The SMILES string of the molecule is CCNc1nc(-c2ccc(Br)cc2)nc(CC(C)C)c1I. The molecule has 2 rings (SSSR count). The Morgan fingerprint density at radius 1 is 1.19 bits per heavy atom. The largest absolute Gasteiger partial charge is 0.369 e. The lowest BCUT2D eigenvalue weighted by Gasteiger charge is -2.13. The molecule has 21 heavy (non-hydrogen) atoms. The topological polar surface area (TPSA) is 37.8 Å². The van der Waals surface area contributed by atoms with Gasteiger partial charge >= 0.3 is 0 Å². The Kier molecular flexibility index (Phi) is 5.98. The molecule has 0 bridgehead atoms. The van der Waals surface area contributed by atoms with Gasteiger partial charge in [0, 0.05) is 16.6 Å². The molecule has 0 saturated carbocycles. The van der Waals surface area contributed by atoms with Crippen LogP contribution in [0.1, 0.15) is 26.5 Å². The molecule has 1 N–H and O–H groups in total. The minimum absolute atomic E-state index is 0.570. The standard InChI is InChI=1S/C16H19BrIN3/c1-4-19-16-14(18)13(9-10(2)3)20-15(21-16)11-5-7-12(17)8-6-11/h5-8,10H,4,9H2,1-3H3,(H,19,20,21). The summed E-state index contributed by atoms with van der Waals surface area (Å²) in [6, 6.07) is 8.12. The zero-order valence-corrected chi connectivity index (χ0v) is 16.2. The van der Waals surface area contributed by atoms with Gasteiger partial charge in [0.15, 0.2) is 5.82 Å². The van der Waals surface area contributed by atoms with Crippen molar-refractivity contribution in [2.75, 3.05) is 11.9 Å². The lowest BCUT2D eigenvalue weighted by atomic mass is 10.1. The van der Waals surface area contributed by atoms with Gasteiger partial charge < -0.3 is 5.32 Å². The van der Waals surface area contributed by atoms with Crippen LogP contribution in [0.4, 0.5) is 5.82 Å². The smallest absolute Gasteiger partial charge is 0.161 e. The Bertz CT molecular complexity index is 612. The third-order valence-electron chi connectivity index (χ3n) is 2.97. The van der Waals surface area contributed by atoms with E-state index in [1.54, 1.807) is 0 Å². The van der Waals surface area contributed by atoms with Crippen molar-refractivity contribution in [3.63, 3.8) is 0 Å². The van der Waals surface area contributed by atoms with Crippen LogP contribution in [0.2, 0.25) is 0 Å². The summed E-state index contributed by atoms with van der Waals surface area (Å²) in [5, 5.41) is 3.34. The van der Waals surface area contributed by atoms with E-state index in [1.165, 1.54) is 0 Å². The lowest BCUT2D eigenvalue weighted by molar-refractivity contribution is 0.632. The van der Waals surface area contributed by atoms with Gasteiger partial charge in [-0.2, -0.15) is 0 Å². The van der Waals surface area contributed by atoms with E-state index in [9.17, 15) is 0 Å². The predicted molar refractivity (Wildman–Crippen MR) is 101 cm³/mol. The minimum Gasteiger partial charge on any atom is -0.369 e. The van der Waals surface area contributed by atoms with Crippen molar-refractivity contribution in [2.24, 2.45) is 5.92 Å². The van der Waals surface area contributed by atoms with Crippen LogP contribution in [0.3, 0.4) is 0 Å². The van der Waals surface area contributed by atoms with Crippen molar-refractivity contribution in [1.82, 2.24) is 9.97 Å². The number of halogens is 2. The van der Waals surface area contributed by atoms with E-state index in [0.29, 0.717) is 5.92 Å². The van der Waals surface area contributed by atoms with Crippen LogP contribution in [-0.4, -0.2) is 16.5 Å². The summed E-state index contributed by atoms with van der Waals surface area (Å²) in [5.74, 6) is 2.29. The highest BCUT2D eigenvalue weighted by Gasteiger charge is 2.14. The van der Waals surface area contributed by atoms with E-state index in [1.807, 2.05) is 24.3 Å². The summed E-state index contributed by atoms with van der Waals surface area (Å²) in [7, 11) is 0. The number of hydrogen-bond donors (Lipinski definition) is 1. The first-order valence-electron chi connectivity index (χ1n) is 7.07. The highest BCUT2D eigenvalue weighted by Crippen LogP contribution is 2.26. The summed E-state index contributed by atoms with van der Waals surface area (Å²) >= 11 is 5.81. The highest BCUT2D eigenvalue weighted by atomic mass is 127. The first-order chi connectivity index (χ1) is 10.0. The van der Waals surface area contributed by atoms with Gasteiger partial charge in [-0.05, 0) is 54.0 Å². The Labute approximate surface area is 148 Å². The third-order valence-corrected chi connectivity index (χ3v) is 4.63. The van der Waals surface area contributed by atoms with Crippen molar-refractivity contribution in [3.05, 3.63) is 38.0 Å². The molecule has 0 radical (unpaired) electrons. The molecule has 0 atom stereocenters. The minimum atomic E-state index is 0.570. The molecule has 0 aliphatic rings. The first-order valence-corrected chi connectivity index (χ1v) is 8.94. The molecule has 0 fully saturated rings. The van der Waals surface area contributed by atoms with Crippen molar-refractivity contribution in [3.8, 4) is 11.4 Å². The van der Waals surface area contributed by atoms with Crippen molar-refractivity contribution >= 4 is 44.3 Å². The van der Waals surface area contributed by atoms with Gasteiger partial charge in [-0.15, -0.1) is 0 Å². The average molecular weight is 460 g/mol. The van der Waals surface area contributed by atoms with Gasteiger partial charge in [0.25, 0.3) is 0 Å². The van der Waals surface area contributed by atoms with E-state index in [0.717, 1.165) is 43.9 Å². The molecule has 0 saturated heterocycles. The number of rotatable bonds is 5. The summed E-state index contributed by atoms with van der Waals surface area (Å²) < 4.78 is 2.19. The van der Waals surface area contributed by atoms with Crippen LogP contribution >= 0.6 is 38.5 Å². The van der Waals surface area contributed by atoms with E-state index in [2.05, 4.69) is 69.6 Å². The van der Waals surface area contributed by atoms with Crippen molar-refractivity contribution in [2.45, 2.75) is 27.2 Å². The van der Waals surface area contributed by atoms with Crippen LogP contribution in [-0.2, 0) is 6.42 Å². The van der Waals surface area contributed by atoms with Crippen LogP contribution < -0.4 is 5.32 Å². The maximum atomic E-state index is 4.78. The zero-order valence-electron chi connectivity index (χ0n) is 12.5. The molecule has 5 heteroatoms. The molecule has 0 unspecified atom stereocenters. The molecule has 3 nitrogen and oxygen atoms in total. The van der Waals surface area contributed by atoms with Gasteiger partial charge in [-0.3, -0.25) is 0 Å². The second-order valence-electron chi connectivity index (χ2n) is 5.29. The molecule has 1 aromatic heterocycles. The number of anilines is 1. The van der Waals surface area contributed by atoms with Crippen LogP contribution in [0.15, 0.2) is 28.7 Å². The third kappa shape index (κ3) is 4.39. The molecule has 1 heterocycles. The highest BCUT2D eigenvalue weighted by molar-refractivity contribution is 14.1. The maximum absolute atomic E-state index is 4.78. The quantitative estimate of drug-likeness (QED) is 0.629. The van der Waals surface area contributed by atoms with E-state index in [4.69, 9.17) is 4.98 Å². The molecular weight excluding hydrogens is 441 g/mol. The van der Waals surface area contributed by atoms with E-state index < -0.39 is 0 Å². The second kappa shape index (κ2) is 7.54. The molecule has 0 aliphatic carbocycles. The van der Waals surface area contributed by atoms with Gasteiger partial charge in [0.1, 0.15) is 5.82 Å². The van der Waals surface area contributed by atoms with Crippen LogP contribution in [0.25, 0.3) is 11.4 Å². The summed E-state index contributed by atoms with van der Waals surface area (Å²) in [6.07, 6.45) is 0.961. The second-order valence-corrected chi connectivity index (χ2v) is 7.29. The molecule has 112 valence electrons. The fourth-order valence-electron chi connectivity index (χ4n) is 2.03. The van der Waals surface area contributed by atoms with Crippen LogP contribution in [0.5, 0.6) is 0 Å². The molecule has 0 spiro atoms. The molecule has 1 aromatic carbocycles. The lowest BCUT2D eigenvalue weighted by Crippen LogP contribution is -2.09. The van der Waals surface area contributed by atoms with Gasteiger partial charge in [-0.25, -0.2) is 9.97 Å². The molecule has 0 aliphatic heterocycles. The number of nitrogens with zero attached hydrogens (tertiary/aromatic N) is 2. The van der Waals surface area contributed by atoms with E-state index >= 15 is 0 Å². The Balaban J connectivity index is 2.49. The normalized spacial score (nSPS) is 11.0. The van der Waals surface area contributed by atoms with Crippen LogP contribution in [0, 0.1) is 9.49 Å². The Morgan fingerprint density at radius 2 is 1.86 bits per heavy atom. The fraction of sp³-hybridized carbons (Fsp3) is 0.375. The monoisotopic (exact) mass is 459 g/mol. The number of aromatic nitrogens is 2. The predicted octanol–water partition coefficient (Wildman–Crippen LogP) is 5.14. The van der Waals surface area contributed by atoms with Gasteiger partial charge in [0.2, 0.25) is 0 Å². The van der Waals surface area contributed by atoms with Gasteiger partial charge in [-0.1, -0.05) is 41.9 Å². The Morgan fingerprint density at radius 3 is 2.43 bits per heavy atom. The fourth-order valence-corrected chi connectivity index (χ4v) is 2.94. The summed E-state index contributed by atoms with van der Waals surface area (Å²) in [6.45, 7) is 7.36. The maximum Gasteiger partial charge on any atom is 0.161 e. The number of nitrogens with one attached hydrogen (secondary N) is 1. The van der Waals surface area contributed by atoms with Crippen molar-refractivity contribution < 1.29 is 0 Å². The van der Waals surface area contributed by atoms with Crippen molar-refractivity contribution in [1.29, 1.82) is 0 Å². The van der Waals surface area contributed by atoms with Gasteiger partial charge in [0.05, 0.1) is 9.26 Å².